The zero-order chi connectivity index (χ0) is 28.6. The summed E-state index contributed by atoms with van der Waals surface area (Å²) in [7, 11) is 0. The van der Waals surface area contributed by atoms with Crippen molar-refractivity contribution >= 4 is 23.3 Å². The minimum absolute atomic E-state index is 0.120. The maximum atomic E-state index is 13.2. The number of alkyl halides is 3. The molecule has 11 nitrogen and oxygen atoms in total. The fourth-order valence-electron chi connectivity index (χ4n) is 3.92. The van der Waals surface area contributed by atoms with Gasteiger partial charge >= 0.3 is 17.9 Å². The number of carboxylic acids is 1. The van der Waals surface area contributed by atoms with Crippen molar-refractivity contribution in [1.82, 2.24) is 15.6 Å². The average molecular weight is 553 g/mol. The van der Waals surface area contributed by atoms with Gasteiger partial charge in [0.15, 0.2) is 11.2 Å². The van der Waals surface area contributed by atoms with Gasteiger partial charge in [-0.1, -0.05) is 6.07 Å². The lowest BCUT2D eigenvalue weighted by Crippen LogP contribution is -2.55. The van der Waals surface area contributed by atoms with Crippen LogP contribution in [0.4, 0.5) is 13.2 Å². The molecule has 2 aromatic heterocycles. The number of pyridine rings is 1. The van der Waals surface area contributed by atoms with Crippen molar-refractivity contribution in [2.24, 2.45) is 0 Å². The van der Waals surface area contributed by atoms with Gasteiger partial charge in [-0.3, -0.25) is 9.59 Å². The molecule has 0 atom stereocenters. The minimum atomic E-state index is -5.19. The fraction of sp³-hybridized carbons (Fsp3) is 0.360. The predicted octanol–water partition coefficient (Wildman–Crippen LogP) is -0.288. The summed E-state index contributed by atoms with van der Waals surface area (Å²) in [5, 5.41) is 33.2. The molecule has 210 valence electrons. The molecule has 1 saturated heterocycles. The number of imidazole rings is 1. The van der Waals surface area contributed by atoms with Gasteiger partial charge in [0.25, 0.3) is 5.91 Å². The van der Waals surface area contributed by atoms with Gasteiger partial charge in [0.1, 0.15) is 5.97 Å². The molecule has 1 aromatic carbocycles. The van der Waals surface area contributed by atoms with E-state index in [4.69, 9.17) is 19.7 Å². The molecule has 5 N–H and O–H groups in total. The van der Waals surface area contributed by atoms with E-state index in [0.717, 1.165) is 16.8 Å². The number of aromatic nitrogens is 2. The molecule has 39 heavy (non-hydrogen) atoms. The van der Waals surface area contributed by atoms with Crippen molar-refractivity contribution in [3.8, 4) is 11.3 Å². The summed E-state index contributed by atoms with van der Waals surface area (Å²) in [6.45, 7) is 0.896. The Kier molecular flexibility index (Phi) is 9.61. The lowest BCUT2D eigenvalue weighted by Gasteiger charge is -2.35. The highest BCUT2D eigenvalue weighted by molar-refractivity contribution is 5.95. The fourth-order valence-corrected chi connectivity index (χ4v) is 3.92. The third kappa shape index (κ3) is 7.31. The second-order valence-electron chi connectivity index (χ2n) is 8.65. The van der Waals surface area contributed by atoms with E-state index >= 15 is 0 Å². The number of aliphatic carboxylic acids is 1. The molecular weight excluding hydrogens is 525 g/mol. The zero-order valence-electron chi connectivity index (χ0n) is 20.6. The van der Waals surface area contributed by atoms with Crippen molar-refractivity contribution in [3.63, 3.8) is 0 Å². The summed E-state index contributed by atoms with van der Waals surface area (Å²) in [6.07, 6.45) is -2.30. The molecule has 3 aromatic rings. The molecule has 2 amide bonds. The number of carbonyl (C=O) groups is 3. The number of hydrogen-bond acceptors (Lipinski definition) is 7. The monoisotopic (exact) mass is 552 g/mol. The number of ether oxygens (including phenoxy) is 1. The van der Waals surface area contributed by atoms with E-state index in [1.54, 1.807) is 22.7 Å². The molecule has 1 fully saturated rings. The van der Waals surface area contributed by atoms with Gasteiger partial charge in [0, 0.05) is 30.9 Å². The van der Waals surface area contributed by atoms with Crippen molar-refractivity contribution in [2.45, 2.75) is 24.6 Å². The highest BCUT2D eigenvalue weighted by atomic mass is 19.4. The normalized spacial score (nSPS) is 14.7. The Morgan fingerprint density at radius 3 is 2.26 bits per heavy atom. The van der Waals surface area contributed by atoms with E-state index in [-0.39, 0.29) is 31.6 Å². The summed E-state index contributed by atoms with van der Waals surface area (Å²) in [4.78, 5) is 37.3. The number of nitrogens with zero attached hydrogens (tertiary/aromatic N) is 1. The molecule has 0 spiro atoms. The van der Waals surface area contributed by atoms with Gasteiger partial charge < -0.3 is 35.5 Å². The summed E-state index contributed by atoms with van der Waals surface area (Å²) in [5.41, 5.74) is 2.14. The molecule has 0 unspecified atom stereocenters. The van der Waals surface area contributed by atoms with Crippen molar-refractivity contribution in [3.05, 3.63) is 60.0 Å². The number of carbonyl (C=O) groups excluding carboxylic acids is 3. The Morgan fingerprint density at radius 2 is 1.69 bits per heavy atom. The average Bonchev–Trinajstić information content (AvgIpc) is 3.32. The third-order valence-corrected chi connectivity index (χ3v) is 6.01. The minimum Gasteiger partial charge on any atom is -0.542 e. The smallest absolute Gasteiger partial charge is 0.430 e. The summed E-state index contributed by atoms with van der Waals surface area (Å²) >= 11 is 0. The Bertz CT molecular complexity index is 1300. The molecular formula is C25H27F3N4O7. The number of nitrogens with one attached hydrogen (secondary N) is 3. The van der Waals surface area contributed by atoms with Crippen LogP contribution in [0.1, 0.15) is 33.8 Å². The quantitative estimate of drug-likeness (QED) is 0.251. The van der Waals surface area contributed by atoms with Gasteiger partial charge in [-0.2, -0.15) is 17.6 Å². The van der Waals surface area contributed by atoms with Crippen LogP contribution in [0.25, 0.3) is 16.8 Å². The second-order valence-corrected chi connectivity index (χ2v) is 8.65. The first-order valence-corrected chi connectivity index (χ1v) is 11.8. The molecule has 0 bridgehead atoms. The Morgan fingerprint density at radius 1 is 1.05 bits per heavy atom. The first kappa shape index (κ1) is 29.5. The van der Waals surface area contributed by atoms with E-state index in [9.17, 15) is 27.9 Å². The van der Waals surface area contributed by atoms with Crippen LogP contribution in [-0.4, -0.2) is 77.7 Å². The number of aliphatic hydroxyl groups is 2. The molecule has 0 saturated carbocycles. The number of H-pyrrole nitrogens is 1. The highest BCUT2D eigenvalue weighted by Crippen LogP contribution is 2.24. The van der Waals surface area contributed by atoms with E-state index in [0.29, 0.717) is 37.4 Å². The van der Waals surface area contributed by atoms with Crippen LogP contribution in [0.3, 0.4) is 0 Å². The van der Waals surface area contributed by atoms with Gasteiger partial charge in [-0.25, -0.2) is 4.98 Å². The number of hydrogen-bond donors (Lipinski definition) is 5. The largest absolute Gasteiger partial charge is 0.542 e. The Balaban J connectivity index is 0.000000532. The van der Waals surface area contributed by atoms with Gasteiger partial charge in [-0.05, 0) is 49.2 Å². The maximum absolute atomic E-state index is 13.2. The Labute approximate surface area is 220 Å². The van der Waals surface area contributed by atoms with Gasteiger partial charge in [0.05, 0.1) is 24.9 Å². The molecule has 3 heterocycles. The molecule has 14 heteroatoms. The number of carboxylic acid groups (broad SMARTS) is 1. The molecule has 1 aliphatic heterocycles. The lowest BCUT2D eigenvalue weighted by atomic mass is 9.91. The van der Waals surface area contributed by atoms with E-state index in [2.05, 4.69) is 15.6 Å². The van der Waals surface area contributed by atoms with E-state index in [1.807, 2.05) is 30.3 Å². The van der Waals surface area contributed by atoms with Crippen LogP contribution in [-0.2, 0) is 9.53 Å². The summed E-state index contributed by atoms with van der Waals surface area (Å²) < 4.78 is 38.7. The van der Waals surface area contributed by atoms with Crippen LogP contribution in [0.15, 0.2) is 48.7 Å². The van der Waals surface area contributed by atoms with Crippen molar-refractivity contribution in [1.29, 1.82) is 0 Å². The molecule has 4 rings (SSSR count). The van der Waals surface area contributed by atoms with Crippen LogP contribution in [0.2, 0.25) is 0 Å². The molecule has 1 aliphatic rings. The summed E-state index contributed by atoms with van der Waals surface area (Å²) in [5.74, 6) is -3.23. The number of rotatable bonds is 7. The maximum Gasteiger partial charge on any atom is 0.430 e. The number of aliphatic hydroxyl groups excluding tert-OH is 2. The van der Waals surface area contributed by atoms with Crippen LogP contribution in [0.5, 0.6) is 0 Å². The number of benzene rings is 1. The van der Waals surface area contributed by atoms with Crippen LogP contribution in [0, 0.1) is 0 Å². The van der Waals surface area contributed by atoms with Crippen LogP contribution >= 0.6 is 0 Å². The van der Waals surface area contributed by atoms with Crippen molar-refractivity contribution < 1.29 is 52.0 Å². The number of fused-ring (bicyclic) bond motifs is 1. The first-order chi connectivity index (χ1) is 18.5. The molecule has 0 radical (unpaired) electrons. The Hall–Kier alpha value is -4.01. The van der Waals surface area contributed by atoms with E-state index < -0.39 is 17.7 Å². The van der Waals surface area contributed by atoms with Crippen molar-refractivity contribution in [2.75, 3.05) is 33.0 Å². The lowest BCUT2D eigenvalue weighted by molar-refractivity contribution is -0.514. The highest BCUT2D eigenvalue weighted by Gasteiger charge is 2.37. The predicted molar refractivity (Wildman–Crippen MR) is 127 cm³/mol. The standard InChI is InChI=1S/C23H26N4O5.C2HF3O2/c28-12-10-24-21(30)17-6-4-16(5-7-17)19-18-3-1-2-11-27(18)20(25-19)22(31)26-23(15-29)8-13-32-14-9-23;3-2(4,5)1(6)7/h1-7,11,28-29H,8-10,12-15H2,(H2,24,26,30,31);(H,6,7). The second kappa shape index (κ2) is 12.7. The molecule has 0 aliphatic carbocycles. The topological polar surface area (TPSA) is 168 Å². The zero-order valence-corrected chi connectivity index (χ0v) is 20.6. The van der Waals surface area contributed by atoms with Gasteiger partial charge in [-0.15, -0.1) is 0 Å². The van der Waals surface area contributed by atoms with Crippen LogP contribution < -0.4 is 20.1 Å². The van der Waals surface area contributed by atoms with E-state index in [1.165, 1.54) is 0 Å². The van der Waals surface area contributed by atoms with Gasteiger partial charge in [0.2, 0.25) is 0 Å². The number of aromatic amines is 1. The third-order valence-electron chi connectivity index (χ3n) is 6.01. The number of amides is 2. The first-order valence-electron chi connectivity index (χ1n) is 11.8. The SMILES string of the molecule is O=C(NCCO)c1ccc(-c2[nH]c(C(=O)NC3(CO)CCOCC3)[n+]3ccccc23)cc1.O=C([O-])C(F)(F)F. The number of halogens is 3. The summed E-state index contributed by atoms with van der Waals surface area (Å²) in [6, 6.07) is 12.6.